The Bertz CT molecular complexity index is 1210. The van der Waals surface area contributed by atoms with Crippen molar-refractivity contribution in [2.24, 2.45) is 5.92 Å². The lowest BCUT2D eigenvalue weighted by Crippen LogP contribution is -2.48. The van der Waals surface area contributed by atoms with Crippen molar-refractivity contribution < 1.29 is 23.8 Å². The normalized spacial score (nSPS) is 20.9. The number of hydrogen-bond acceptors (Lipinski definition) is 8. The zero-order chi connectivity index (χ0) is 27.4. The van der Waals surface area contributed by atoms with E-state index in [1.54, 1.807) is 18.2 Å². The fourth-order valence-electron chi connectivity index (χ4n) is 4.85. The van der Waals surface area contributed by atoms with Crippen molar-refractivity contribution in [1.82, 2.24) is 20.2 Å². The van der Waals surface area contributed by atoms with Gasteiger partial charge in [-0.3, -0.25) is 10.2 Å². The Balaban J connectivity index is 1.79. The fourth-order valence-corrected chi connectivity index (χ4v) is 4.85. The summed E-state index contributed by atoms with van der Waals surface area (Å²) in [7, 11) is 0. The van der Waals surface area contributed by atoms with Gasteiger partial charge in [0.25, 0.3) is 0 Å². The molecule has 0 radical (unpaired) electrons. The molecule has 1 aliphatic carbocycles. The number of halogens is 2. The van der Waals surface area contributed by atoms with Crippen LogP contribution >= 0.6 is 0 Å². The van der Waals surface area contributed by atoms with Crippen molar-refractivity contribution in [2.75, 3.05) is 36.4 Å². The molecule has 0 fully saturated rings. The van der Waals surface area contributed by atoms with E-state index >= 15 is 0 Å². The lowest BCUT2D eigenvalue weighted by atomic mass is 9.82. The van der Waals surface area contributed by atoms with Gasteiger partial charge in [-0.2, -0.15) is 4.98 Å². The third-order valence-corrected chi connectivity index (χ3v) is 7.03. The minimum Gasteiger partial charge on any atom is -0.478 e. The summed E-state index contributed by atoms with van der Waals surface area (Å²) in [5.41, 5.74) is 0.747. The number of aliphatic hydroxyl groups is 1. The maximum atomic E-state index is 14.9. The molecule has 11 heteroatoms. The smallest absolute Gasteiger partial charge is 0.335 e. The molecule has 0 spiro atoms. The highest BCUT2D eigenvalue weighted by atomic mass is 19.1. The molecule has 4 rings (SSSR count). The van der Waals surface area contributed by atoms with Crippen LogP contribution in [0.2, 0.25) is 0 Å². The maximum Gasteiger partial charge on any atom is 0.335 e. The van der Waals surface area contributed by atoms with E-state index in [0.29, 0.717) is 17.8 Å². The van der Waals surface area contributed by atoms with E-state index in [2.05, 4.69) is 34.4 Å². The van der Waals surface area contributed by atoms with Crippen LogP contribution in [0, 0.1) is 17.6 Å². The van der Waals surface area contributed by atoms with E-state index in [1.807, 2.05) is 6.92 Å². The van der Waals surface area contributed by atoms with Gasteiger partial charge in [-0.05, 0) is 44.1 Å². The molecule has 2 heterocycles. The second kappa shape index (κ2) is 12.0. The van der Waals surface area contributed by atoms with E-state index < -0.39 is 35.6 Å². The van der Waals surface area contributed by atoms with Gasteiger partial charge in [0.2, 0.25) is 5.95 Å². The van der Waals surface area contributed by atoms with Crippen LogP contribution in [0.15, 0.2) is 42.0 Å². The highest BCUT2D eigenvalue weighted by molar-refractivity contribution is 5.90. The summed E-state index contributed by atoms with van der Waals surface area (Å²) in [5, 5.41) is 26.5. The molecule has 3 atom stereocenters. The van der Waals surface area contributed by atoms with Crippen molar-refractivity contribution in [3.8, 4) is 0 Å². The molecule has 9 nitrogen and oxygen atoms in total. The van der Waals surface area contributed by atoms with Crippen molar-refractivity contribution in [2.45, 2.75) is 46.0 Å². The van der Waals surface area contributed by atoms with Crippen molar-refractivity contribution >= 4 is 23.4 Å². The number of para-hydroxylation sites is 1. The fraction of sp³-hybridized carbons (Fsp3) is 0.444. The first-order chi connectivity index (χ1) is 18.2. The van der Waals surface area contributed by atoms with Gasteiger partial charge in [0, 0.05) is 24.6 Å². The van der Waals surface area contributed by atoms with E-state index in [4.69, 9.17) is 4.98 Å². The zero-order valence-corrected chi connectivity index (χ0v) is 21.8. The first-order valence-corrected chi connectivity index (χ1v) is 12.9. The van der Waals surface area contributed by atoms with Gasteiger partial charge in [0.15, 0.2) is 6.35 Å². The van der Waals surface area contributed by atoms with Crippen LogP contribution in [0.5, 0.6) is 0 Å². The Kier molecular flexibility index (Phi) is 8.70. The van der Waals surface area contributed by atoms with E-state index in [-0.39, 0.29) is 29.8 Å². The average Bonchev–Trinajstić information content (AvgIpc) is 2.89. The largest absolute Gasteiger partial charge is 0.478 e. The van der Waals surface area contributed by atoms with Crippen molar-refractivity contribution in [1.29, 1.82) is 0 Å². The summed E-state index contributed by atoms with van der Waals surface area (Å²) in [5.74, 6) is -2.89. The Labute approximate surface area is 220 Å². The first-order valence-electron chi connectivity index (χ1n) is 12.9. The SMILES string of the molecule is CCN(CC)CCCNc1nc(C2C=C(C(=O)O)C=CC2C)c2c(n1)N(c1c(F)cccc1F)C(O)NC2. The molecule has 0 bridgehead atoms. The number of carboxylic acid groups (broad SMARTS) is 1. The molecular formula is C27H34F2N6O3. The van der Waals surface area contributed by atoms with Crippen LogP contribution < -0.4 is 15.5 Å². The quantitative estimate of drug-likeness (QED) is 0.343. The Morgan fingerprint density at radius 2 is 1.95 bits per heavy atom. The highest BCUT2D eigenvalue weighted by Crippen LogP contribution is 2.41. The summed E-state index contributed by atoms with van der Waals surface area (Å²) < 4.78 is 29.8. The number of carbonyl (C=O) groups is 1. The van der Waals surface area contributed by atoms with Crippen LogP contribution in [0.25, 0.3) is 0 Å². The molecule has 0 saturated carbocycles. The number of nitrogens with zero attached hydrogens (tertiary/aromatic N) is 4. The molecule has 204 valence electrons. The van der Waals surface area contributed by atoms with Crippen LogP contribution in [-0.2, 0) is 11.3 Å². The standard InChI is InChI=1S/C27H34F2N6O3/c1-4-34(5-2)13-7-12-30-26-32-22(18-14-17(25(36)37)11-10-16(18)3)19-15-31-27(38)35(24(19)33-26)23-20(28)8-6-9-21(23)29/h6,8-11,14,16,18,27,31,38H,4-5,7,12-13,15H2,1-3H3,(H,36,37)(H,30,32,33). The number of aliphatic carboxylic acids is 1. The van der Waals surface area contributed by atoms with Gasteiger partial charge < -0.3 is 20.4 Å². The maximum absolute atomic E-state index is 14.9. The number of rotatable bonds is 10. The Hall–Kier alpha value is -3.41. The first kappa shape index (κ1) is 27.6. The van der Waals surface area contributed by atoms with Gasteiger partial charge in [0.1, 0.15) is 23.1 Å². The van der Waals surface area contributed by atoms with Gasteiger partial charge in [-0.1, -0.05) is 45.1 Å². The van der Waals surface area contributed by atoms with Crippen LogP contribution in [-0.4, -0.2) is 63.6 Å². The summed E-state index contributed by atoms with van der Waals surface area (Å²) in [4.78, 5) is 24.5. The third kappa shape index (κ3) is 5.69. The number of aromatic nitrogens is 2. The number of fused-ring (bicyclic) bond motifs is 1. The van der Waals surface area contributed by atoms with E-state index in [9.17, 15) is 23.8 Å². The molecule has 2 aromatic rings. The van der Waals surface area contributed by atoms with Crippen molar-refractivity contribution in [3.05, 3.63) is 64.9 Å². The van der Waals surface area contributed by atoms with Crippen LogP contribution in [0.3, 0.4) is 0 Å². The number of allylic oxidation sites excluding steroid dienone is 2. The van der Waals surface area contributed by atoms with E-state index in [0.717, 1.165) is 43.1 Å². The molecule has 1 aromatic heterocycles. The van der Waals surface area contributed by atoms with Crippen molar-refractivity contribution in [3.63, 3.8) is 0 Å². The second-order valence-electron chi connectivity index (χ2n) is 9.41. The third-order valence-electron chi connectivity index (χ3n) is 7.03. The van der Waals surface area contributed by atoms with Gasteiger partial charge >= 0.3 is 5.97 Å². The molecule has 2 aliphatic rings. The summed E-state index contributed by atoms with van der Waals surface area (Å²) >= 11 is 0. The number of hydrogen-bond donors (Lipinski definition) is 4. The topological polar surface area (TPSA) is 114 Å². The van der Waals surface area contributed by atoms with Gasteiger partial charge in [-0.25, -0.2) is 18.6 Å². The average molecular weight is 529 g/mol. The zero-order valence-electron chi connectivity index (χ0n) is 21.8. The highest BCUT2D eigenvalue weighted by Gasteiger charge is 2.36. The molecule has 0 saturated heterocycles. The molecule has 0 amide bonds. The lowest BCUT2D eigenvalue weighted by molar-refractivity contribution is -0.132. The predicted molar refractivity (Wildman–Crippen MR) is 141 cm³/mol. The van der Waals surface area contributed by atoms with Crippen LogP contribution in [0.1, 0.15) is 44.4 Å². The van der Waals surface area contributed by atoms with Crippen LogP contribution in [0.4, 0.5) is 26.2 Å². The number of benzene rings is 1. The number of carboxylic acids is 1. The molecule has 1 aliphatic heterocycles. The Morgan fingerprint density at radius 3 is 2.61 bits per heavy atom. The molecule has 38 heavy (non-hydrogen) atoms. The van der Waals surface area contributed by atoms with E-state index in [1.165, 1.54) is 6.07 Å². The summed E-state index contributed by atoms with van der Waals surface area (Å²) in [6, 6.07) is 3.48. The van der Waals surface area contributed by atoms with Gasteiger partial charge in [-0.15, -0.1) is 0 Å². The second-order valence-corrected chi connectivity index (χ2v) is 9.41. The Morgan fingerprint density at radius 1 is 1.24 bits per heavy atom. The minimum atomic E-state index is -1.44. The molecule has 1 aromatic carbocycles. The molecule has 4 N–H and O–H groups in total. The molecule has 3 unspecified atom stereocenters. The number of aliphatic hydroxyl groups excluding tert-OH is 1. The minimum absolute atomic E-state index is 0.0990. The molecular weight excluding hydrogens is 494 g/mol. The summed E-state index contributed by atoms with van der Waals surface area (Å²) in [6.07, 6.45) is 4.38. The van der Waals surface area contributed by atoms with Gasteiger partial charge in [0.05, 0.1) is 11.3 Å². The summed E-state index contributed by atoms with van der Waals surface area (Å²) in [6.45, 7) is 9.59. The predicted octanol–water partition coefficient (Wildman–Crippen LogP) is 3.72. The monoisotopic (exact) mass is 528 g/mol. The lowest BCUT2D eigenvalue weighted by Gasteiger charge is -2.37. The number of nitrogens with one attached hydrogen (secondary N) is 2. The number of anilines is 3.